The van der Waals surface area contributed by atoms with Crippen LogP contribution in [0.3, 0.4) is 0 Å². The van der Waals surface area contributed by atoms with Gasteiger partial charge in [0.1, 0.15) is 0 Å². The number of aliphatic hydroxyl groups is 1. The van der Waals surface area contributed by atoms with Crippen LogP contribution in [0.5, 0.6) is 0 Å². The third-order valence-electron chi connectivity index (χ3n) is 3.01. The van der Waals surface area contributed by atoms with Crippen LogP contribution >= 0.6 is 31.9 Å². The molecule has 0 heterocycles. The smallest absolute Gasteiger partial charge is 0.242 e. The molecule has 4 nitrogen and oxygen atoms in total. The second-order valence-electron chi connectivity index (χ2n) is 4.57. The topological polar surface area (TPSA) is 66.4 Å². The zero-order valence-corrected chi connectivity index (χ0v) is 14.8. The van der Waals surface area contributed by atoms with Gasteiger partial charge in [0, 0.05) is 21.1 Å². The van der Waals surface area contributed by atoms with Crippen molar-refractivity contribution >= 4 is 41.9 Å². The molecule has 0 radical (unpaired) electrons. The highest BCUT2D eigenvalue weighted by Crippen LogP contribution is 2.27. The van der Waals surface area contributed by atoms with Crippen molar-refractivity contribution < 1.29 is 13.5 Å². The number of rotatable bonds is 6. The third kappa shape index (κ3) is 4.53. The highest BCUT2D eigenvalue weighted by molar-refractivity contribution is 9.11. The molecule has 1 unspecified atom stereocenters. The quantitative estimate of drug-likeness (QED) is 0.751. The Hall–Kier alpha value is 0.0500. The number of hydrogen-bond acceptors (Lipinski definition) is 3. The average molecular weight is 415 g/mol. The third-order valence-corrected chi connectivity index (χ3v) is 6.12. The zero-order valence-electron chi connectivity index (χ0n) is 10.8. The Bertz CT molecular complexity index is 548. The molecule has 0 saturated carbocycles. The normalized spacial score (nSPS) is 15.2. The van der Waals surface area contributed by atoms with Gasteiger partial charge in [0.05, 0.1) is 4.90 Å². The molecule has 0 aliphatic heterocycles. The summed E-state index contributed by atoms with van der Waals surface area (Å²) in [5, 5.41) is 9.04. The van der Waals surface area contributed by atoms with Gasteiger partial charge in [-0.25, -0.2) is 13.1 Å². The summed E-state index contributed by atoms with van der Waals surface area (Å²) in [6.07, 6.45) is 0.970. The Morgan fingerprint density at radius 2 is 2.00 bits per heavy atom. The van der Waals surface area contributed by atoms with Gasteiger partial charge >= 0.3 is 0 Å². The van der Waals surface area contributed by atoms with Crippen molar-refractivity contribution in [3.63, 3.8) is 0 Å². The van der Waals surface area contributed by atoms with Crippen LogP contribution in [0.1, 0.15) is 26.7 Å². The SMILES string of the molecule is CCC(C)(CCO)NS(=O)(=O)c1ccc(Br)cc1Br. The lowest BCUT2D eigenvalue weighted by Gasteiger charge is -2.28. The van der Waals surface area contributed by atoms with E-state index in [1.165, 1.54) is 6.07 Å². The molecule has 0 aliphatic carbocycles. The van der Waals surface area contributed by atoms with E-state index >= 15 is 0 Å². The minimum atomic E-state index is -3.63. The number of aliphatic hydroxyl groups excluding tert-OH is 1. The fourth-order valence-corrected chi connectivity index (χ4v) is 4.87. The number of halogens is 2. The minimum absolute atomic E-state index is 0.0611. The van der Waals surface area contributed by atoms with Crippen molar-refractivity contribution in [2.75, 3.05) is 6.61 Å². The Labute approximate surface area is 130 Å². The first-order valence-electron chi connectivity index (χ1n) is 5.84. The predicted octanol–water partition coefficient (Wildman–Crippen LogP) is 3.04. The van der Waals surface area contributed by atoms with Gasteiger partial charge in [-0.15, -0.1) is 0 Å². The summed E-state index contributed by atoms with van der Waals surface area (Å²) in [6, 6.07) is 4.89. The largest absolute Gasteiger partial charge is 0.396 e. The Morgan fingerprint density at radius 3 is 2.47 bits per heavy atom. The van der Waals surface area contributed by atoms with E-state index < -0.39 is 15.6 Å². The molecule has 2 N–H and O–H groups in total. The molecule has 0 aromatic heterocycles. The fourth-order valence-electron chi connectivity index (χ4n) is 1.62. The summed E-state index contributed by atoms with van der Waals surface area (Å²) in [6.45, 7) is 3.61. The first kappa shape index (κ1) is 17.1. The summed E-state index contributed by atoms with van der Waals surface area (Å²) in [5.41, 5.74) is -0.653. The fraction of sp³-hybridized carbons (Fsp3) is 0.500. The molecule has 0 aliphatic rings. The van der Waals surface area contributed by atoms with Crippen LogP contribution in [0.2, 0.25) is 0 Å². The monoisotopic (exact) mass is 413 g/mol. The van der Waals surface area contributed by atoms with Crippen LogP contribution < -0.4 is 4.72 Å². The summed E-state index contributed by atoms with van der Waals surface area (Å²) >= 11 is 6.54. The van der Waals surface area contributed by atoms with E-state index in [-0.39, 0.29) is 11.5 Å². The molecule has 1 aromatic rings. The van der Waals surface area contributed by atoms with Crippen molar-refractivity contribution in [1.82, 2.24) is 4.72 Å². The van der Waals surface area contributed by atoms with Gasteiger partial charge in [-0.05, 0) is 53.9 Å². The lowest BCUT2D eigenvalue weighted by atomic mass is 9.97. The Morgan fingerprint density at radius 1 is 1.37 bits per heavy atom. The van der Waals surface area contributed by atoms with Crippen LogP contribution in [0.15, 0.2) is 32.0 Å². The van der Waals surface area contributed by atoms with E-state index in [0.717, 1.165) is 4.47 Å². The predicted molar refractivity (Wildman–Crippen MR) is 82.6 cm³/mol. The maximum atomic E-state index is 12.4. The van der Waals surface area contributed by atoms with Crippen molar-refractivity contribution in [2.24, 2.45) is 0 Å². The van der Waals surface area contributed by atoms with Gasteiger partial charge in [-0.3, -0.25) is 0 Å². The standard InChI is InChI=1S/C12H17Br2NO3S/c1-3-12(2,6-7-16)15-19(17,18)11-5-4-9(13)8-10(11)14/h4-5,8,15-16H,3,6-7H2,1-2H3. The molecule has 108 valence electrons. The molecule has 0 saturated heterocycles. The van der Waals surface area contributed by atoms with E-state index in [1.807, 2.05) is 6.92 Å². The molecule has 0 amide bonds. The van der Waals surface area contributed by atoms with E-state index in [9.17, 15) is 8.42 Å². The van der Waals surface area contributed by atoms with Gasteiger partial charge in [-0.1, -0.05) is 22.9 Å². The maximum absolute atomic E-state index is 12.4. The average Bonchev–Trinajstić information content (AvgIpc) is 2.27. The molecule has 1 rings (SSSR count). The Balaban J connectivity index is 3.10. The summed E-state index contributed by atoms with van der Waals surface area (Å²) in [5.74, 6) is 0. The maximum Gasteiger partial charge on any atom is 0.242 e. The van der Waals surface area contributed by atoms with Crippen molar-refractivity contribution in [2.45, 2.75) is 37.1 Å². The molecule has 0 bridgehead atoms. The van der Waals surface area contributed by atoms with Crippen LogP contribution in [-0.4, -0.2) is 25.7 Å². The van der Waals surface area contributed by atoms with E-state index in [0.29, 0.717) is 17.3 Å². The molecule has 0 fully saturated rings. The van der Waals surface area contributed by atoms with E-state index in [4.69, 9.17) is 5.11 Å². The second kappa shape index (κ2) is 6.67. The molecular weight excluding hydrogens is 398 g/mol. The molecule has 7 heteroatoms. The van der Waals surface area contributed by atoms with Gasteiger partial charge in [0.2, 0.25) is 10.0 Å². The molecule has 0 spiro atoms. The van der Waals surface area contributed by atoms with Crippen LogP contribution in [0, 0.1) is 0 Å². The van der Waals surface area contributed by atoms with Crippen LogP contribution in [0.25, 0.3) is 0 Å². The zero-order chi connectivity index (χ0) is 14.7. The second-order valence-corrected chi connectivity index (χ2v) is 7.99. The number of hydrogen-bond donors (Lipinski definition) is 2. The van der Waals surface area contributed by atoms with E-state index in [2.05, 4.69) is 36.6 Å². The first-order chi connectivity index (χ1) is 8.74. The minimum Gasteiger partial charge on any atom is -0.396 e. The van der Waals surface area contributed by atoms with E-state index in [1.54, 1.807) is 19.1 Å². The molecule has 19 heavy (non-hydrogen) atoms. The van der Waals surface area contributed by atoms with Crippen LogP contribution in [-0.2, 0) is 10.0 Å². The van der Waals surface area contributed by atoms with Crippen LogP contribution in [0.4, 0.5) is 0 Å². The highest BCUT2D eigenvalue weighted by atomic mass is 79.9. The summed E-state index contributed by atoms with van der Waals surface area (Å²) in [4.78, 5) is 0.188. The molecular formula is C12H17Br2NO3S. The first-order valence-corrected chi connectivity index (χ1v) is 8.91. The van der Waals surface area contributed by atoms with Crippen molar-refractivity contribution in [3.8, 4) is 0 Å². The molecule has 1 aromatic carbocycles. The van der Waals surface area contributed by atoms with Gasteiger partial charge < -0.3 is 5.11 Å². The van der Waals surface area contributed by atoms with Gasteiger partial charge in [-0.2, -0.15) is 0 Å². The number of benzene rings is 1. The number of nitrogens with one attached hydrogen (secondary N) is 1. The van der Waals surface area contributed by atoms with Crippen molar-refractivity contribution in [1.29, 1.82) is 0 Å². The number of sulfonamides is 1. The lowest BCUT2D eigenvalue weighted by molar-refractivity contribution is 0.233. The lowest BCUT2D eigenvalue weighted by Crippen LogP contribution is -2.46. The van der Waals surface area contributed by atoms with Crippen molar-refractivity contribution in [3.05, 3.63) is 27.1 Å². The molecule has 1 atom stereocenters. The van der Waals surface area contributed by atoms with Gasteiger partial charge in [0.25, 0.3) is 0 Å². The highest BCUT2D eigenvalue weighted by Gasteiger charge is 2.29. The van der Waals surface area contributed by atoms with Gasteiger partial charge in [0.15, 0.2) is 0 Å². The summed E-state index contributed by atoms with van der Waals surface area (Å²) < 4.78 is 28.7. The summed E-state index contributed by atoms with van der Waals surface area (Å²) in [7, 11) is -3.63. The Kier molecular flexibility index (Phi) is 6.00.